The Kier molecular flexibility index (Phi) is 4.14. The first-order chi connectivity index (χ1) is 9.58. The number of aromatic nitrogens is 1. The maximum Gasteiger partial charge on any atom is 0.326 e. The summed E-state index contributed by atoms with van der Waals surface area (Å²) in [6.07, 6.45) is 2.44. The van der Waals surface area contributed by atoms with E-state index in [-0.39, 0.29) is 11.7 Å². The van der Waals surface area contributed by atoms with Crippen molar-refractivity contribution >= 4 is 22.8 Å². The molecule has 1 atom stereocenters. The molecule has 2 aromatic rings. The summed E-state index contributed by atoms with van der Waals surface area (Å²) >= 11 is 0. The number of carbonyl (C=O) groups is 2. The van der Waals surface area contributed by atoms with Crippen LogP contribution in [0.4, 0.5) is 0 Å². The van der Waals surface area contributed by atoms with Crippen LogP contribution in [0.5, 0.6) is 5.75 Å². The second-order valence-electron chi connectivity index (χ2n) is 4.35. The van der Waals surface area contributed by atoms with Gasteiger partial charge in [0.2, 0.25) is 5.91 Å². The van der Waals surface area contributed by atoms with Gasteiger partial charge in [0.05, 0.1) is 0 Å². The Balaban J connectivity index is 0.000000151. The third-order valence-electron chi connectivity index (χ3n) is 2.90. The fraction of sp³-hybridized carbons (Fsp3) is 0.214. The Morgan fingerprint density at radius 3 is 2.60 bits per heavy atom. The third-order valence-corrected chi connectivity index (χ3v) is 2.90. The van der Waals surface area contributed by atoms with Crippen molar-refractivity contribution in [1.82, 2.24) is 10.3 Å². The first kappa shape index (κ1) is 13.8. The summed E-state index contributed by atoms with van der Waals surface area (Å²) in [5.74, 6) is -0.869. The number of carboxylic acid groups (broad SMARTS) is 1. The minimum absolute atomic E-state index is 0.164. The fourth-order valence-corrected chi connectivity index (χ4v) is 1.89. The Bertz CT molecular complexity index is 637. The zero-order chi connectivity index (χ0) is 14.5. The van der Waals surface area contributed by atoms with E-state index in [9.17, 15) is 14.7 Å². The zero-order valence-corrected chi connectivity index (χ0v) is 10.6. The minimum atomic E-state index is -0.944. The van der Waals surface area contributed by atoms with Crippen molar-refractivity contribution in [2.45, 2.75) is 18.9 Å². The molecular formula is C14H14N2O4. The van der Waals surface area contributed by atoms with Gasteiger partial charge in [-0.05, 0) is 18.6 Å². The molecule has 0 unspecified atom stereocenters. The predicted octanol–water partition coefficient (Wildman–Crippen LogP) is 1.29. The Hall–Kier alpha value is -2.63. The highest BCUT2D eigenvalue weighted by Crippen LogP contribution is 2.20. The number of carboxylic acids is 1. The number of phenols is 1. The molecule has 104 valence electrons. The molecule has 1 amide bonds. The number of benzene rings is 1. The van der Waals surface area contributed by atoms with E-state index in [2.05, 4.69) is 10.3 Å². The van der Waals surface area contributed by atoms with E-state index >= 15 is 0 Å². The number of aliphatic carboxylic acids is 1. The number of aromatic hydroxyl groups is 1. The maximum atomic E-state index is 10.4. The van der Waals surface area contributed by atoms with Gasteiger partial charge in [-0.25, -0.2) is 4.79 Å². The predicted molar refractivity (Wildman–Crippen MR) is 72.2 cm³/mol. The lowest BCUT2D eigenvalue weighted by Crippen LogP contribution is -2.32. The number of rotatable bonds is 1. The molecule has 1 aromatic heterocycles. The van der Waals surface area contributed by atoms with Crippen LogP contribution in [0, 0.1) is 0 Å². The summed E-state index contributed by atoms with van der Waals surface area (Å²) in [4.78, 5) is 24.5. The van der Waals surface area contributed by atoms with E-state index < -0.39 is 12.0 Å². The lowest BCUT2D eigenvalue weighted by atomic mass is 10.2. The highest BCUT2D eigenvalue weighted by molar-refractivity contribution is 5.87. The molecule has 3 rings (SSSR count). The summed E-state index contributed by atoms with van der Waals surface area (Å²) in [7, 11) is 0. The van der Waals surface area contributed by atoms with Crippen molar-refractivity contribution in [3.63, 3.8) is 0 Å². The van der Waals surface area contributed by atoms with Crippen molar-refractivity contribution in [1.29, 1.82) is 0 Å². The van der Waals surface area contributed by atoms with Crippen LogP contribution in [0.2, 0.25) is 0 Å². The molecule has 2 heterocycles. The highest BCUT2D eigenvalue weighted by atomic mass is 16.4. The van der Waals surface area contributed by atoms with Crippen molar-refractivity contribution in [2.75, 3.05) is 0 Å². The average molecular weight is 274 g/mol. The van der Waals surface area contributed by atoms with E-state index in [4.69, 9.17) is 5.11 Å². The second kappa shape index (κ2) is 6.01. The van der Waals surface area contributed by atoms with Crippen molar-refractivity contribution < 1.29 is 19.8 Å². The molecular weight excluding hydrogens is 260 g/mol. The standard InChI is InChI=1S/C9H7NO.C5H7NO3/c11-8-5-1-3-7-4-2-6-10-9(7)8;7-4-2-1-3(6-4)5(8)9/h1-6,11H;3H,1-2H2,(H,6,7)(H,8,9)/t;3-/m.0/s1. The van der Waals surface area contributed by atoms with Gasteiger partial charge in [0.25, 0.3) is 0 Å². The van der Waals surface area contributed by atoms with Gasteiger partial charge in [-0.3, -0.25) is 9.78 Å². The number of fused-ring (bicyclic) bond motifs is 1. The normalized spacial score (nSPS) is 17.2. The number of phenolic OH excluding ortho intramolecular Hbond substituents is 1. The Labute approximate surface area is 115 Å². The first-order valence-corrected chi connectivity index (χ1v) is 6.13. The maximum absolute atomic E-state index is 10.4. The number of amides is 1. The molecule has 6 heteroatoms. The molecule has 0 saturated carbocycles. The van der Waals surface area contributed by atoms with E-state index in [1.807, 2.05) is 18.2 Å². The zero-order valence-electron chi connectivity index (χ0n) is 10.6. The number of nitrogens with zero attached hydrogens (tertiary/aromatic N) is 1. The van der Waals surface area contributed by atoms with E-state index in [0.717, 1.165) is 5.39 Å². The van der Waals surface area contributed by atoms with Gasteiger partial charge in [0.1, 0.15) is 17.3 Å². The van der Waals surface area contributed by atoms with Crippen LogP contribution in [-0.4, -0.2) is 33.1 Å². The minimum Gasteiger partial charge on any atom is -0.506 e. The van der Waals surface area contributed by atoms with Crippen LogP contribution in [0.1, 0.15) is 12.8 Å². The molecule has 20 heavy (non-hydrogen) atoms. The molecule has 1 aliphatic heterocycles. The van der Waals surface area contributed by atoms with E-state index in [0.29, 0.717) is 18.4 Å². The average Bonchev–Trinajstić information content (AvgIpc) is 2.87. The van der Waals surface area contributed by atoms with Gasteiger partial charge in [-0.1, -0.05) is 18.2 Å². The van der Waals surface area contributed by atoms with Crippen LogP contribution in [0.15, 0.2) is 36.5 Å². The van der Waals surface area contributed by atoms with Crippen molar-refractivity contribution in [3.8, 4) is 5.75 Å². The van der Waals surface area contributed by atoms with Gasteiger partial charge < -0.3 is 15.5 Å². The van der Waals surface area contributed by atoms with Crippen molar-refractivity contribution in [3.05, 3.63) is 36.5 Å². The van der Waals surface area contributed by atoms with Gasteiger partial charge in [0.15, 0.2) is 0 Å². The van der Waals surface area contributed by atoms with Crippen LogP contribution >= 0.6 is 0 Å². The molecule has 6 nitrogen and oxygen atoms in total. The number of pyridine rings is 1. The Morgan fingerprint density at radius 1 is 1.30 bits per heavy atom. The number of hydrogen-bond acceptors (Lipinski definition) is 4. The second-order valence-corrected chi connectivity index (χ2v) is 4.35. The van der Waals surface area contributed by atoms with Crippen LogP contribution < -0.4 is 5.32 Å². The molecule has 0 spiro atoms. The first-order valence-electron chi connectivity index (χ1n) is 6.13. The molecule has 3 N–H and O–H groups in total. The largest absolute Gasteiger partial charge is 0.506 e. The summed E-state index contributed by atoms with van der Waals surface area (Å²) in [6, 6.07) is 8.48. The van der Waals surface area contributed by atoms with Crippen LogP contribution in [-0.2, 0) is 9.59 Å². The fourth-order valence-electron chi connectivity index (χ4n) is 1.89. The SMILES string of the molecule is O=C1CC[C@@H](C(=O)O)N1.Oc1cccc2cccnc12. The summed E-state index contributed by atoms with van der Waals surface area (Å²) in [5.41, 5.74) is 0.662. The monoisotopic (exact) mass is 274 g/mol. The lowest BCUT2D eigenvalue weighted by Gasteiger charge is -1.99. The van der Waals surface area contributed by atoms with Gasteiger partial charge >= 0.3 is 5.97 Å². The number of carbonyl (C=O) groups excluding carboxylic acids is 1. The summed E-state index contributed by atoms with van der Waals surface area (Å²) < 4.78 is 0. The summed E-state index contributed by atoms with van der Waals surface area (Å²) in [6.45, 7) is 0. The topological polar surface area (TPSA) is 99.5 Å². The van der Waals surface area contributed by atoms with Gasteiger partial charge in [0, 0.05) is 18.0 Å². The molecule has 1 saturated heterocycles. The van der Waals surface area contributed by atoms with Crippen LogP contribution in [0.3, 0.4) is 0 Å². The van der Waals surface area contributed by atoms with Gasteiger partial charge in [-0.2, -0.15) is 0 Å². The highest BCUT2D eigenvalue weighted by Gasteiger charge is 2.26. The number of para-hydroxylation sites is 1. The molecule has 0 bridgehead atoms. The van der Waals surface area contributed by atoms with E-state index in [1.54, 1.807) is 18.3 Å². The van der Waals surface area contributed by atoms with Crippen LogP contribution in [0.25, 0.3) is 10.9 Å². The van der Waals surface area contributed by atoms with E-state index in [1.165, 1.54) is 0 Å². The Morgan fingerprint density at radius 2 is 2.05 bits per heavy atom. The lowest BCUT2D eigenvalue weighted by molar-refractivity contribution is -0.140. The number of hydrogen-bond donors (Lipinski definition) is 3. The third kappa shape index (κ3) is 3.23. The quantitative estimate of drug-likeness (QED) is 0.727. The van der Waals surface area contributed by atoms with Gasteiger partial charge in [-0.15, -0.1) is 0 Å². The molecule has 1 aliphatic rings. The number of nitrogens with one attached hydrogen (secondary N) is 1. The molecule has 1 fully saturated rings. The molecule has 1 aromatic carbocycles. The molecule has 0 radical (unpaired) electrons. The van der Waals surface area contributed by atoms with Crippen molar-refractivity contribution in [2.24, 2.45) is 0 Å². The summed E-state index contributed by atoms with van der Waals surface area (Å²) in [5, 5.41) is 20.9. The smallest absolute Gasteiger partial charge is 0.326 e. The molecule has 0 aliphatic carbocycles.